The molecule has 2 amide bonds. The number of carbonyl (C=O) groups is 2. The summed E-state index contributed by atoms with van der Waals surface area (Å²) >= 11 is 9.68. The monoisotopic (exact) mass is 609 g/mol. The number of thioether (sulfide) groups is 1. The molecule has 178 valence electrons. The van der Waals surface area contributed by atoms with E-state index in [0.29, 0.717) is 28.1 Å². The molecule has 2 N–H and O–H groups in total. The van der Waals surface area contributed by atoms with Crippen molar-refractivity contribution in [1.82, 2.24) is 20.1 Å². The lowest BCUT2D eigenvalue weighted by molar-refractivity contribution is -0.113. The van der Waals surface area contributed by atoms with Crippen molar-refractivity contribution < 1.29 is 9.59 Å². The first-order valence-electron chi connectivity index (χ1n) is 10.5. The summed E-state index contributed by atoms with van der Waals surface area (Å²) < 4.78 is 2.96. The van der Waals surface area contributed by atoms with Crippen molar-refractivity contribution in [3.05, 3.63) is 80.2 Å². The van der Waals surface area contributed by atoms with Crippen molar-refractivity contribution in [2.45, 2.75) is 38.5 Å². The zero-order valence-corrected chi connectivity index (χ0v) is 22.8. The highest BCUT2D eigenvalue weighted by atomic mass is 127. The fourth-order valence-corrected chi connectivity index (χ4v) is 5.34. The molecule has 0 aliphatic rings. The summed E-state index contributed by atoms with van der Waals surface area (Å²) in [5.41, 5.74) is 3.25. The summed E-state index contributed by atoms with van der Waals surface area (Å²) in [5, 5.41) is 15.4. The van der Waals surface area contributed by atoms with Crippen LogP contribution in [0, 0.1) is 17.4 Å². The van der Waals surface area contributed by atoms with E-state index in [2.05, 4.69) is 50.0 Å². The second-order valence-electron chi connectivity index (χ2n) is 7.67. The van der Waals surface area contributed by atoms with E-state index in [4.69, 9.17) is 11.6 Å². The second-order valence-corrected chi connectivity index (χ2v) is 10.3. The molecule has 1 heterocycles. The van der Waals surface area contributed by atoms with Crippen molar-refractivity contribution in [1.29, 1.82) is 0 Å². The van der Waals surface area contributed by atoms with Crippen LogP contribution < -0.4 is 10.6 Å². The lowest BCUT2D eigenvalue weighted by Crippen LogP contribution is -2.29. The molecule has 0 spiro atoms. The molecule has 10 heteroatoms. The van der Waals surface area contributed by atoms with Gasteiger partial charge < -0.3 is 15.2 Å². The van der Waals surface area contributed by atoms with Crippen LogP contribution in [0.4, 0.5) is 5.69 Å². The molecule has 3 aromatic rings. The van der Waals surface area contributed by atoms with Gasteiger partial charge in [-0.2, -0.15) is 0 Å². The van der Waals surface area contributed by atoms with Gasteiger partial charge in [-0.1, -0.05) is 41.6 Å². The number of anilines is 1. The minimum atomic E-state index is -0.434. The Kier molecular flexibility index (Phi) is 9.15. The first-order valence-corrected chi connectivity index (χ1v) is 12.9. The molecule has 0 bridgehead atoms. The number of rotatable bonds is 9. The van der Waals surface area contributed by atoms with Crippen LogP contribution in [0.15, 0.2) is 54.2 Å². The van der Waals surface area contributed by atoms with E-state index in [9.17, 15) is 9.59 Å². The fraction of sp³-hybridized carbons (Fsp3) is 0.250. The Bertz CT molecular complexity index is 1210. The van der Waals surface area contributed by atoms with Crippen LogP contribution >= 0.6 is 46.0 Å². The molecule has 0 aliphatic heterocycles. The third-order valence-electron chi connectivity index (χ3n) is 5.00. The van der Waals surface area contributed by atoms with E-state index in [-0.39, 0.29) is 17.6 Å². The first-order chi connectivity index (χ1) is 16.2. The summed E-state index contributed by atoms with van der Waals surface area (Å²) in [6.45, 7) is 10.0. The number of carbonyl (C=O) groups excluding carboxylic acids is 2. The molecule has 2 aromatic carbocycles. The van der Waals surface area contributed by atoms with Crippen LogP contribution in [0.3, 0.4) is 0 Å². The molecule has 0 saturated heterocycles. The SMILES string of the molecule is C=CCn1c(SCC(=O)Nc2c(C)cc(I)cc2C)nnc1[C@@H](C)NC(=O)c1ccccc1Cl. The number of aryl methyl sites for hydroxylation is 2. The molecule has 7 nitrogen and oxygen atoms in total. The van der Waals surface area contributed by atoms with Gasteiger partial charge in [-0.3, -0.25) is 9.59 Å². The van der Waals surface area contributed by atoms with Crippen molar-refractivity contribution in [3.8, 4) is 0 Å². The number of benzene rings is 2. The van der Waals surface area contributed by atoms with Crippen LogP contribution in [-0.4, -0.2) is 32.3 Å². The van der Waals surface area contributed by atoms with Gasteiger partial charge in [-0.15, -0.1) is 16.8 Å². The molecule has 0 unspecified atom stereocenters. The van der Waals surface area contributed by atoms with Crippen LogP contribution in [-0.2, 0) is 11.3 Å². The van der Waals surface area contributed by atoms with Crippen molar-refractivity contribution >= 4 is 63.5 Å². The van der Waals surface area contributed by atoms with Gasteiger partial charge >= 0.3 is 0 Å². The van der Waals surface area contributed by atoms with Gasteiger partial charge in [0.25, 0.3) is 5.91 Å². The van der Waals surface area contributed by atoms with Crippen molar-refractivity contribution in [2.75, 3.05) is 11.1 Å². The van der Waals surface area contributed by atoms with E-state index in [1.165, 1.54) is 11.8 Å². The highest BCUT2D eigenvalue weighted by Gasteiger charge is 2.21. The van der Waals surface area contributed by atoms with E-state index < -0.39 is 6.04 Å². The molecule has 0 radical (unpaired) electrons. The third kappa shape index (κ3) is 6.39. The summed E-state index contributed by atoms with van der Waals surface area (Å²) in [7, 11) is 0. The number of allylic oxidation sites excluding steroid dienone is 1. The van der Waals surface area contributed by atoms with Crippen LogP contribution in [0.25, 0.3) is 0 Å². The standard InChI is InChI=1S/C24H25ClIN5O2S/c1-5-10-31-22(16(4)27-23(33)18-8-6-7-9-19(18)25)29-30-24(31)34-13-20(32)28-21-14(2)11-17(26)12-15(21)3/h5-9,11-12,16H,1,10,13H2,2-4H3,(H,27,33)(H,28,32)/t16-/m1/s1. The van der Waals surface area contributed by atoms with Crippen molar-refractivity contribution in [3.63, 3.8) is 0 Å². The zero-order valence-electron chi connectivity index (χ0n) is 19.1. The maximum Gasteiger partial charge on any atom is 0.253 e. The maximum atomic E-state index is 12.7. The van der Waals surface area contributed by atoms with Gasteiger partial charge in [-0.25, -0.2) is 0 Å². The van der Waals surface area contributed by atoms with Crippen LogP contribution in [0.5, 0.6) is 0 Å². The molecule has 34 heavy (non-hydrogen) atoms. The zero-order chi connectivity index (χ0) is 24.8. The average Bonchev–Trinajstić information content (AvgIpc) is 3.18. The second kappa shape index (κ2) is 11.9. The molecule has 0 fully saturated rings. The quantitative estimate of drug-likeness (QED) is 0.188. The van der Waals surface area contributed by atoms with Gasteiger partial charge in [0.2, 0.25) is 5.91 Å². The van der Waals surface area contributed by atoms with Gasteiger partial charge in [0.15, 0.2) is 11.0 Å². The van der Waals surface area contributed by atoms with Gasteiger partial charge in [0, 0.05) is 15.8 Å². The third-order valence-corrected chi connectivity index (χ3v) is 6.92. The highest BCUT2D eigenvalue weighted by molar-refractivity contribution is 14.1. The largest absolute Gasteiger partial charge is 0.342 e. The summed E-state index contributed by atoms with van der Waals surface area (Å²) in [6, 6.07) is 10.5. The number of nitrogens with zero attached hydrogens (tertiary/aromatic N) is 3. The molecular weight excluding hydrogens is 585 g/mol. The topological polar surface area (TPSA) is 88.9 Å². The Morgan fingerprint density at radius 3 is 2.56 bits per heavy atom. The predicted molar refractivity (Wildman–Crippen MR) is 146 cm³/mol. The Labute approximate surface area is 221 Å². The number of halogens is 2. The molecular formula is C24H25ClIN5O2S. The number of aromatic nitrogens is 3. The predicted octanol–water partition coefficient (Wildman–Crippen LogP) is 5.56. The number of nitrogens with one attached hydrogen (secondary N) is 2. The Balaban J connectivity index is 1.70. The van der Waals surface area contributed by atoms with Crippen molar-refractivity contribution in [2.24, 2.45) is 0 Å². The Hall–Kier alpha value is -2.37. The molecule has 0 aliphatic carbocycles. The molecule has 3 rings (SSSR count). The summed E-state index contributed by atoms with van der Waals surface area (Å²) in [6.07, 6.45) is 1.72. The first kappa shape index (κ1) is 26.2. The Morgan fingerprint density at radius 2 is 1.91 bits per heavy atom. The van der Waals surface area contributed by atoms with E-state index >= 15 is 0 Å². The lowest BCUT2D eigenvalue weighted by Gasteiger charge is -2.16. The molecule has 0 saturated carbocycles. The lowest BCUT2D eigenvalue weighted by atomic mass is 10.1. The van der Waals surface area contributed by atoms with E-state index in [1.807, 2.05) is 37.5 Å². The maximum absolute atomic E-state index is 12.7. The molecule has 1 aromatic heterocycles. The van der Waals surface area contributed by atoms with Crippen LogP contribution in [0.1, 0.15) is 40.3 Å². The Morgan fingerprint density at radius 1 is 1.24 bits per heavy atom. The van der Waals surface area contributed by atoms with Gasteiger partial charge in [0.1, 0.15) is 0 Å². The fourth-order valence-electron chi connectivity index (χ4n) is 3.43. The van der Waals surface area contributed by atoms with E-state index in [1.54, 1.807) is 30.3 Å². The molecule has 1 atom stereocenters. The highest BCUT2D eigenvalue weighted by Crippen LogP contribution is 2.25. The van der Waals surface area contributed by atoms with Crippen LogP contribution in [0.2, 0.25) is 5.02 Å². The van der Waals surface area contributed by atoms with Gasteiger partial charge in [-0.05, 0) is 78.8 Å². The summed E-state index contributed by atoms with van der Waals surface area (Å²) in [5.74, 6) is 0.295. The average molecular weight is 610 g/mol. The smallest absolute Gasteiger partial charge is 0.253 e. The van der Waals surface area contributed by atoms with Gasteiger partial charge in [0.05, 0.1) is 22.4 Å². The number of amides is 2. The number of hydrogen-bond donors (Lipinski definition) is 2. The van der Waals surface area contributed by atoms with E-state index in [0.717, 1.165) is 20.4 Å². The minimum Gasteiger partial charge on any atom is -0.342 e. The summed E-state index contributed by atoms with van der Waals surface area (Å²) in [4.78, 5) is 25.3. The minimum absolute atomic E-state index is 0.132. The normalized spacial score (nSPS) is 11.7. The number of hydrogen-bond acceptors (Lipinski definition) is 5.